The van der Waals surface area contributed by atoms with Gasteiger partial charge in [0.15, 0.2) is 5.78 Å². The number of anilines is 2. The molecule has 0 bridgehead atoms. The molecule has 2 aromatic carbocycles. The highest BCUT2D eigenvalue weighted by Gasteiger charge is 2.03. The van der Waals surface area contributed by atoms with E-state index in [1.807, 2.05) is 24.3 Å². The lowest BCUT2D eigenvalue weighted by atomic mass is 10.1. The molecule has 0 aliphatic carbocycles. The summed E-state index contributed by atoms with van der Waals surface area (Å²) < 4.78 is 1.91. The minimum atomic E-state index is -0.00463. The maximum atomic E-state index is 10.9. The van der Waals surface area contributed by atoms with Crippen molar-refractivity contribution in [2.24, 2.45) is 0 Å². The monoisotopic (exact) mass is 384 g/mol. The first kappa shape index (κ1) is 15.7. The van der Waals surface area contributed by atoms with Crippen molar-refractivity contribution < 1.29 is 4.79 Å². The third-order valence-electron chi connectivity index (χ3n) is 2.24. The number of nitrogens with two attached hydrogens (primary N) is 2. The maximum absolute atomic E-state index is 10.9. The van der Waals surface area contributed by atoms with Crippen LogP contribution in [0.25, 0.3) is 0 Å². The third-order valence-corrected chi connectivity index (χ3v) is 3.23. The predicted octanol–water partition coefficient (Wildman–Crippen LogP) is 4.27. The predicted molar refractivity (Wildman–Crippen MR) is 87.1 cm³/mol. The van der Waals surface area contributed by atoms with Crippen LogP contribution in [0.2, 0.25) is 0 Å². The first-order chi connectivity index (χ1) is 8.90. The van der Waals surface area contributed by atoms with Crippen molar-refractivity contribution in [1.29, 1.82) is 0 Å². The zero-order chi connectivity index (χ0) is 14.4. The van der Waals surface area contributed by atoms with Crippen molar-refractivity contribution in [2.75, 3.05) is 11.5 Å². The number of carbonyl (C=O) groups excluding carboxylic acids is 1. The Hall–Kier alpha value is -1.33. The molecule has 0 heterocycles. The summed E-state index contributed by atoms with van der Waals surface area (Å²) in [6.45, 7) is 1.50. The quantitative estimate of drug-likeness (QED) is 0.569. The molecule has 0 fully saturated rings. The lowest BCUT2D eigenvalue weighted by molar-refractivity contribution is 0.101. The van der Waals surface area contributed by atoms with Crippen LogP contribution < -0.4 is 11.5 Å². The van der Waals surface area contributed by atoms with Crippen LogP contribution in [0.5, 0.6) is 0 Å². The van der Waals surface area contributed by atoms with Crippen molar-refractivity contribution in [3.8, 4) is 0 Å². The zero-order valence-corrected chi connectivity index (χ0v) is 13.5. The standard InChI is InChI=1S/C8H8BrNO.C6H6BrN/c1-5(11)7-3-2-6(9)4-8(7)10;7-5-2-1-3-6(8)4-5/h2-4H,10H2,1H3;1-4H,8H2. The molecule has 0 unspecified atom stereocenters. The maximum Gasteiger partial charge on any atom is 0.161 e. The van der Waals surface area contributed by atoms with Gasteiger partial charge in [0.1, 0.15) is 0 Å². The van der Waals surface area contributed by atoms with Gasteiger partial charge in [-0.05, 0) is 43.3 Å². The molecule has 3 nitrogen and oxygen atoms in total. The number of hydrogen-bond donors (Lipinski definition) is 2. The van der Waals surface area contributed by atoms with Gasteiger partial charge in [-0.1, -0.05) is 37.9 Å². The van der Waals surface area contributed by atoms with Crippen LogP contribution in [-0.4, -0.2) is 5.78 Å². The molecule has 0 saturated carbocycles. The minimum Gasteiger partial charge on any atom is -0.399 e. The van der Waals surface area contributed by atoms with Crippen LogP contribution in [0.1, 0.15) is 17.3 Å². The summed E-state index contributed by atoms with van der Waals surface area (Å²) >= 11 is 6.54. The summed E-state index contributed by atoms with van der Waals surface area (Å²) in [6.07, 6.45) is 0. The van der Waals surface area contributed by atoms with Crippen LogP contribution in [0.15, 0.2) is 51.4 Å². The van der Waals surface area contributed by atoms with Crippen LogP contribution >= 0.6 is 31.9 Å². The molecule has 4 N–H and O–H groups in total. The fourth-order valence-corrected chi connectivity index (χ4v) is 2.16. The van der Waals surface area contributed by atoms with Crippen molar-refractivity contribution in [3.05, 3.63) is 57.0 Å². The molecule has 0 saturated heterocycles. The second kappa shape index (κ2) is 7.31. The van der Waals surface area contributed by atoms with Gasteiger partial charge in [-0.3, -0.25) is 4.79 Å². The lowest BCUT2D eigenvalue weighted by Gasteiger charge is -2.00. The number of hydrogen-bond acceptors (Lipinski definition) is 3. The van der Waals surface area contributed by atoms with E-state index in [0.717, 1.165) is 14.6 Å². The van der Waals surface area contributed by atoms with Gasteiger partial charge in [0, 0.05) is 25.9 Å². The average molecular weight is 386 g/mol. The average Bonchev–Trinajstić information content (AvgIpc) is 2.28. The Morgan fingerprint density at radius 3 is 2.05 bits per heavy atom. The van der Waals surface area contributed by atoms with E-state index in [0.29, 0.717) is 11.3 Å². The smallest absolute Gasteiger partial charge is 0.161 e. The Balaban J connectivity index is 0.000000200. The van der Waals surface area contributed by atoms with Gasteiger partial charge in [-0.2, -0.15) is 0 Å². The number of rotatable bonds is 1. The van der Waals surface area contributed by atoms with E-state index in [1.165, 1.54) is 6.92 Å². The van der Waals surface area contributed by atoms with Gasteiger partial charge in [0.2, 0.25) is 0 Å². The van der Waals surface area contributed by atoms with Crippen molar-refractivity contribution >= 4 is 49.0 Å². The molecule has 100 valence electrons. The second-order valence-electron chi connectivity index (χ2n) is 3.84. The summed E-state index contributed by atoms with van der Waals surface area (Å²) in [5.74, 6) is -0.00463. The normalized spacial score (nSPS) is 9.42. The van der Waals surface area contributed by atoms with Gasteiger partial charge < -0.3 is 11.5 Å². The number of Topliss-reactive ketones (excluding diaryl/α,β-unsaturated/α-hetero) is 1. The SMILES string of the molecule is CC(=O)c1ccc(Br)cc1N.Nc1cccc(Br)c1. The molecule has 2 rings (SSSR count). The van der Waals surface area contributed by atoms with E-state index in [-0.39, 0.29) is 5.78 Å². The molecule has 0 atom stereocenters. The summed E-state index contributed by atoms with van der Waals surface area (Å²) in [4.78, 5) is 10.9. The Morgan fingerprint density at radius 1 is 1.00 bits per heavy atom. The number of halogens is 2. The molecule has 5 heteroatoms. The van der Waals surface area contributed by atoms with Crippen molar-refractivity contribution in [2.45, 2.75) is 6.92 Å². The highest BCUT2D eigenvalue weighted by molar-refractivity contribution is 9.10. The van der Waals surface area contributed by atoms with Gasteiger partial charge in [0.05, 0.1) is 0 Å². The molecular weight excluding hydrogens is 372 g/mol. The molecule has 0 aromatic heterocycles. The van der Waals surface area contributed by atoms with E-state index >= 15 is 0 Å². The van der Waals surface area contributed by atoms with Gasteiger partial charge in [-0.15, -0.1) is 0 Å². The molecular formula is C14H14Br2N2O. The van der Waals surface area contributed by atoms with E-state index in [9.17, 15) is 4.79 Å². The van der Waals surface area contributed by atoms with Crippen molar-refractivity contribution in [3.63, 3.8) is 0 Å². The molecule has 0 aliphatic rings. The van der Waals surface area contributed by atoms with E-state index < -0.39 is 0 Å². The van der Waals surface area contributed by atoms with E-state index in [1.54, 1.807) is 18.2 Å². The molecule has 19 heavy (non-hydrogen) atoms. The lowest BCUT2D eigenvalue weighted by Crippen LogP contribution is -1.98. The topological polar surface area (TPSA) is 69.1 Å². The van der Waals surface area contributed by atoms with Crippen LogP contribution in [-0.2, 0) is 0 Å². The Labute approximate surface area is 129 Å². The number of benzene rings is 2. The summed E-state index contributed by atoms with van der Waals surface area (Å²) in [6, 6.07) is 12.8. The van der Waals surface area contributed by atoms with Crippen LogP contribution in [0.4, 0.5) is 11.4 Å². The first-order valence-corrected chi connectivity index (χ1v) is 7.05. The van der Waals surface area contributed by atoms with Gasteiger partial charge >= 0.3 is 0 Å². The van der Waals surface area contributed by atoms with E-state index in [2.05, 4.69) is 31.9 Å². The number of nitrogen functional groups attached to an aromatic ring is 2. The van der Waals surface area contributed by atoms with Gasteiger partial charge in [0.25, 0.3) is 0 Å². The van der Waals surface area contributed by atoms with Crippen molar-refractivity contribution in [1.82, 2.24) is 0 Å². The summed E-state index contributed by atoms with van der Waals surface area (Å²) in [5.41, 5.74) is 12.9. The Bertz CT molecular complexity index is 568. The van der Waals surface area contributed by atoms with Crippen LogP contribution in [0, 0.1) is 0 Å². The Kier molecular flexibility index (Phi) is 6.05. The molecule has 0 spiro atoms. The second-order valence-corrected chi connectivity index (χ2v) is 5.67. The fourth-order valence-electron chi connectivity index (χ4n) is 1.36. The first-order valence-electron chi connectivity index (χ1n) is 5.47. The molecule has 2 aromatic rings. The van der Waals surface area contributed by atoms with E-state index in [4.69, 9.17) is 11.5 Å². The Morgan fingerprint density at radius 2 is 1.63 bits per heavy atom. The molecule has 0 aliphatic heterocycles. The summed E-state index contributed by atoms with van der Waals surface area (Å²) in [7, 11) is 0. The third kappa shape index (κ3) is 5.44. The highest BCUT2D eigenvalue weighted by atomic mass is 79.9. The largest absolute Gasteiger partial charge is 0.399 e. The molecule has 0 amide bonds. The number of carbonyl (C=O) groups is 1. The zero-order valence-electron chi connectivity index (χ0n) is 10.4. The molecule has 0 radical (unpaired) electrons. The number of ketones is 1. The minimum absolute atomic E-state index is 0.00463. The van der Waals surface area contributed by atoms with Crippen LogP contribution in [0.3, 0.4) is 0 Å². The fraction of sp³-hybridized carbons (Fsp3) is 0.0714. The highest BCUT2D eigenvalue weighted by Crippen LogP contribution is 2.18. The summed E-state index contributed by atoms with van der Waals surface area (Å²) in [5, 5.41) is 0. The van der Waals surface area contributed by atoms with Gasteiger partial charge in [-0.25, -0.2) is 0 Å².